The SMILES string of the molecule is Cc1ccc(C23CCNCC2(C)O3)cc1. The zero-order chi connectivity index (χ0) is 10.5. The molecule has 0 aromatic heterocycles. The third kappa shape index (κ3) is 1.18. The summed E-state index contributed by atoms with van der Waals surface area (Å²) in [6.07, 6.45) is 1.09. The molecule has 0 bridgehead atoms. The molecule has 2 aliphatic heterocycles. The largest absolute Gasteiger partial charge is 0.356 e. The molecule has 3 rings (SSSR count). The Morgan fingerprint density at radius 2 is 2.00 bits per heavy atom. The van der Waals surface area contributed by atoms with Gasteiger partial charge in [-0.2, -0.15) is 0 Å². The Morgan fingerprint density at radius 3 is 2.67 bits per heavy atom. The maximum absolute atomic E-state index is 6.02. The van der Waals surface area contributed by atoms with Crippen molar-refractivity contribution in [1.29, 1.82) is 0 Å². The minimum Gasteiger partial charge on any atom is -0.356 e. The molecule has 0 saturated carbocycles. The van der Waals surface area contributed by atoms with E-state index in [1.165, 1.54) is 11.1 Å². The lowest BCUT2D eigenvalue weighted by molar-refractivity contribution is 0.276. The van der Waals surface area contributed by atoms with E-state index in [4.69, 9.17) is 4.74 Å². The quantitative estimate of drug-likeness (QED) is 0.706. The van der Waals surface area contributed by atoms with Crippen LogP contribution in [0.4, 0.5) is 0 Å². The van der Waals surface area contributed by atoms with Crippen molar-refractivity contribution >= 4 is 0 Å². The summed E-state index contributed by atoms with van der Waals surface area (Å²) in [4.78, 5) is 0. The van der Waals surface area contributed by atoms with Crippen molar-refractivity contribution in [3.8, 4) is 0 Å². The van der Waals surface area contributed by atoms with Crippen molar-refractivity contribution in [2.45, 2.75) is 31.5 Å². The molecule has 80 valence electrons. The van der Waals surface area contributed by atoms with Crippen molar-refractivity contribution in [2.24, 2.45) is 0 Å². The van der Waals surface area contributed by atoms with Crippen LogP contribution in [-0.2, 0) is 10.3 Å². The van der Waals surface area contributed by atoms with Crippen molar-refractivity contribution in [2.75, 3.05) is 13.1 Å². The summed E-state index contributed by atoms with van der Waals surface area (Å²) in [6.45, 7) is 6.36. The summed E-state index contributed by atoms with van der Waals surface area (Å²) in [5.41, 5.74) is 2.69. The van der Waals surface area contributed by atoms with E-state index in [0.29, 0.717) is 0 Å². The fourth-order valence-electron chi connectivity index (χ4n) is 2.78. The van der Waals surface area contributed by atoms with E-state index in [0.717, 1.165) is 19.5 Å². The molecular formula is C13H17NO. The standard InChI is InChI=1S/C13H17NO/c1-10-3-5-11(6-4-10)13-7-8-14-9-12(13,2)15-13/h3-6,14H,7-9H2,1-2H3. The Bertz CT molecular complexity index is 382. The topological polar surface area (TPSA) is 24.6 Å². The van der Waals surface area contributed by atoms with Crippen LogP contribution in [0.5, 0.6) is 0 Å². The summed E-state index contributed by atoms with van der Waals surface area (Å²) in [5.74, 6) is 0. The molecule has 0 spiro atoms. The van der Waals surface area contributed by atoms with E-state index in [2.05, 4.69) is 43.4 Å². The summed E-state index contributed by atoms with van der Waals surface area (Å²) >= 11 is 0. The monoisotopic (exact) mass is 203 g/mol. The molecule has 0 radical (unpaired) electrons. The summed E-state index contributed by atoms with van der Waals surface area (Å²) < 4.78 is 6.02. The number of ether oxygens (including phenoxy) is 1. The van der Waals surface area contributed by atoms with Crippen LogP contribution in [0.25, 0.3) is 0 Å². The molecule has 1 aromatic carbocycles. The van der Waals surface area contributed by atoms with Crippen LogP contribution in [0.2, 0.25) is 0 Å². The highest BCUT2D eigenvalue weighted by atomic mass is 16.6. The number of fused-ring (bicyclic) bond motifs is 1. The van der Waals surface area contributed by atoms with Gasteiger partial charge in [-0.3, -0.25) is 0 Å². The van der Waals surface area contributed by atoms with Crippen LogP contribution >= 0.6 is 0 Å². The van der Waals surface area contributed by atoms with E-state index in [9.17, 15) is 0 Å². The molecule has 2 heterocycles. The van der Waals surface area contributed by atoms with Crippen LogP contribution in [-0.4, -0.2) is 18.7 Å². The minimum absolute atomic E-state index is 0.00590. The van der Waals surface area contributed by atoms with Gasteiger partial charge in [-0.1, -0.05) is 29.8 Å². The molecule has 2 saturated heterocycles. The van der Waals surface area contributed by atoms with Gasteiger partial charge in [0.2, 0.25) is 0 Å². The summed E-state index contributed by atoms with van der Waals surface area (Å²) in [7, 11) is 0. The first-order chi connectivity index (χ1) is 7.16. The predicted octanol–water partition coefficient (Wildman–Crippen LogP) is 1.97. The number of benzene rings is 1. The molecule has 2 atom stereocenters. The number of rotatable bonds is 1. The lowest BCUT2D eigenvalue weighted by Crippen LogP contribution is -2.40. The highest BCUT2D eigenvalue weighted by molar-refractivity contribution is 5.36. The van der Waals surface area contributed by atoms with E-state index in [1.54, 1.807) is 0 Å². The molecule has 0 aliphatic carbocycles. The van der Waals surface area contributed by atoms with Crippen molar-refractivity contribution < 1.29 is 4.74 Å². The Kier molecular flexibility index (Phi) is 1.77. The first-order valence-electron chi connectivity index (χ1n) is 5.64. The Labute approximate surface area is 90.6 Å². The number of epoxide rings is 1. The number of hydrogen-bond donors (Lipinski definition) is 1. The first kappa shape index (κ1) is 9.37. The van der Waals surface area contributed by atoms with Gasteiger partial charge in [-0.15, -0.1) is 0 Å². The van der Waals surface area contributed by atoms with Gasteiger partial charge in [-0.05, 0) is 32.4 Å². The number of nitrogens with one attached hydrogen (secondary N) is 1. The second-order valence-electron chi connectivity index (χ2n) is 4.95. The van der Waals surface area contributed by atoms with Gasteiger partial charge in [0.1, 0.15) is 11.2 Å². The molecule has 2 nitrogen and oxygen atoms in total. The summed E-state index contributed by atoms with van der Waals surface area (Å²) in [6, 6.07) is 8.78. The van der Waals surface area contributed by atoms with Gasteiger partial charge in [0.15, 0.2) is 0 Å². The maximum Gasteiger partial charge on any atom is 0.125 e. The van der Waals surface area contributed by atoms with E-state index in [-0.39, 0.29) is 11.2 Å². The molecule has 2 aliphatic rings. The zero-order valence-corrected chi connectivity index (χ0v) is 9.34. The van der Waals surface area contributed by atoms with E-state index in [1.807, 2.05) is 0 Å². The van der Waals surface area contributed by atoms with Crippen LogP contribution in [0.1, 0.15) is 24.5 Å². The van der Waals surface area contributed by atoms with Crippen LogP contribution in [0, 0.1) is 6.92 Å². The molecule has 1 aromatic rings. The highest BCUT2D eigenvalue weighted by Crippen LogP contribution is 2.58. The van der Waals surface area contributed by atoms with Gasteiger partial charge in [-0.25, -0.2) is 0 Å². The van der Waals surface area contributed by atoms with E-state index >= 15 is 0 Å². The van der Waals surface area contributed by atoms with Crippen LogP contribution in [0.3, 0.4) is 0 Å². The fraction of sp³-hybridized carbons (Fsp3) is 0.538. The van der Waals surface area contributed by atoms with Gasteiger partial charge in [0.25, 0.3) is 0 Å². The van der Waals surface area contributed by atoms with Crippen LogP contribution in [0.15, 0.2) is 24.3 Å². The van der Waals surface area contributed by atoms with Gasteiger partial charge in [0, 0.05) is 6.54 Å². The van der Waals surface area contributed by atoms with Gasteiger partial charge < -0.3 is 10.1 Å². The molecule has 1 N–H and O–H groups in total. The van der Waals surface area contributed by atoms with Gasteiger partial charge >= 0.3 is 0 Å². The molecule has 2 heteroatoms. The Hall–Kier alpha value is -0.860. The molecule has 0 amide bonds. The lowest BCUT2D eigenvalue weighted by atomic mass is 9.82. The second kappa shape index (κ2) is 2.83. The van der Waals surface area contributed by atoms with Gasteiger partial charge in [0.05, 0.1) is 0 Å². The molecule has 15 heavy (non-hydrogen) atoms. The van der Waals surface area contributed by atoms with Crippen molar-refractivity contribution in [1.82, 2.24) is 5.32 Å². The molecule has 2 fully saturated rings. The maximum atomic E-state index is 6.02. The van der Waals surface area contributed by atoms with Crippen LogP contribution < -0.4 is 5.32 Å². The third-order valence-electron chi connectivity index (χ3n) is 3.85. The number of aryl methyl sites for hydroxylation is 1. The number of hydrogen-bond acceptors (Lipinski definition) is 2. The van der Waals surface area contributed by atoms with Crippen molar-refractivity contribution in [3.05, 3.63) is 35.4 Å². The van der Waals surface area contributed by atoms with E-state index < -0.39 is 0 Å². The lowest BCUT2D eigenvalue weighted by Gasteiger charge is -2.23. The average molecular weight is 203 g/mol. The van der Waals surface area contributed by atoms with Crippen molar-refractivity contribution in [3.63, 3.8) is 0 Å². The molecular weight excluding hydrogens is 186 g/mol. The normalized spacial score (nSPS) is 38.5. The zero-order valence-electron chi connectivity index (χ0n) is 9.34. The fourth-order valence-corrected chi connectivity index (χ4v) is 2.78. The number of piperidine rings is 1. The Morgan fingerprint density at radius 1 is 1.27 bits per heavy atom. The third-order valence-corrected chi connectivity index (χ3v) is 3.85. The highest BCUT2D eigenvalue weighted by Gasteiger charge is 2.68. The predicted molar refractivity (Wildman–Crippen MR) is 59.8 cm³/mol. The average Bonchev–Trinajstić information content (AvgIpc) is 2.86. The smallest absolute Gasteiger partial charge is 0.125 e. The second-order valence-corrected chi connectivity index (χ2v) is 4.95. The minimum atomic E-state index is 0.00590. The summed E-state index contributed by atoms with van der Waals surface area (Å²) in [5, 5.41) is 3.40. The molecule has 2 unspecified atom stereocenters. The first-order valence-corrected chi connectivity index (χ1v) is 5.64. The Balaban J connectivity index is 1.97.